The molecule has 7 heteroatoms. The molecule has 1 aliphatic rings. The first-order valence-corrected chi connectivity index (χ1v) is 6.74. The van der Waals surface area contributed by atoms with Crippen LogP contribution in [0.2, 0.25) is 0 Å². The van der Waals surface area contributed by atoms with Gasteiger partial charge in [0.25, 0.3) is 5.91 Å². The van der Waals surface area contributed by atoms with Crippen LogP contribution in [0.25, 0.3) is 0 Å². The maximum Gasteiger partial charge on any atom is 0.275 e. The van der Waals surface area contributed by atoms with E-state index >= 15 is 0 Å². The Morgan fingerprint density at radius 2 is 2.05 bits per heavy atom. The molecule has 0 spiro atoms. The molecule has 2 aromatic heterocycles. The number of pyridine rings is 1. The Bertz CT molecular complexity index is 636. The second kappa shape index (κ2) is 5.59. The molecule has 21 heavy (non-hydrogen) atoms. The van der Waals surface area contributed by atoms with Crippen LogP contribution < -0.4 is 0 Å². The number of hydrogen-bond acceptors (Lipinski definition) is 3. The maximum atomic E-state index is 13.6. The fourth-order valence-electron chi connectivity index (χ4n) is 2.58. The number of carbonyl (C=O) groups is 1. The molecule has 110 valence electrons. The quantitative estimate of drug-likeness (QED) is 0.922. The first-order chi connectivity index (χ1) is 10.1. The van der Waals surface area contributed by atoms with Crippen LogP contribution in [0.1, 0.15) is 35.1 Å². The SMILES string of the molecule is O=C(c1ncc(F)cc1F)N1CCC(c2ncc[nH]2)CC1. The zero-order valence-corrected chi connectivity index (χ0v) is 11.2. The molecule has 3 rings (SSSR count). The van der Waals surface area contributed by atoms with Crippen molar-refractivity contribution in [2.45, 2.75) is 18.8 Å². The highest BCUT2D eigenvalue weighted by Crippen LogP contribution is 2.26. The van der Waals surface area contributed by atoms with E-state index in [9.17, 15) is 13.6 Å². The molecule has 1 saturated heterocycles. The zero-order valence-electron chi connectivity index (χ0n) is 11.2. The number of nitrogens with zero attached hydrogens (tertiary/aromatic N) is 3. The standard InChI is InChI=1S/C14H14F2N4O/c15-10-7-11(16)12(19-8-10)14(21)20-5-1-9(2-6-20)13-17-3-4-18-13/h3-4,7-9H,1-2,5-6H2,(H,17,18). The van der Waals surface area contributed by atoms with E-state index in [1.54, 1.807) is 17.3 Å². The molecule has 1 amide bonds. The third-order valence-corrected chi connectivity index (χ3v) is 3.70. The summed E-state index contributed by atoms with van der Waals surface area (Å²) in [5.41, 5.74) is -0.326. The lowest BCUT2D eigenvalue weighted by Gasteiger charge is -2.30. The molecule has 0 radical (unpaired) electrons. The van der Waals surface area contributed by atoms with Gasteiger partial charge in [-0.15, -0.1) is 0 Å². The maximum absolute atomic E-state index is 13.6. The minimum Gasteiger partial charge on any atom is -0.348 e. The van der Waals surface area contributed by atoms with Gasteiger partial charge >= 0.3 is 0 Å². The van der Waals surface area contributed by atoms with Gasteiger partial charge in [0.1, 0.15) is 11.6 Å². The molecule has 1 fully saturated rings. The molecular weight excluding hydrogens is 278 g/mol. The average Bonchev–Trinajstić information content (AvgIpc) is 3.01. The molecule has 0 aliphatic carbocycles. The summed E-state index contributed by atoms with van der Waals surface area (Å²) in [4.78, 5) is 24.6. The van der Waals surface area contributed by atoms with Crippen molar-refractivity contribution in [1.29, 1.82) is 0 Å². The second-order valence-electron chi connectivity index (χ2n) is 5.02. The Labute approximate surface area is 120 Å². The third kappa shape index (κ3) is 2.76. The fourth-order valence-corrected chi connectivity index (χ4v) is 2.58. The van der Waals surface area contributed by atoms with Crippen LogP contribution in [0.5, 0.6) is 0 Å². The normalized spacial score (nSPS) is 16.2. The fraction of sp³-hybridized carbons (Fsp3) is 0.357. The van der Waals surface area contributed by atoms with Gasteiger partial charge in [-0.3, -0.25) is 4.79 Å². The van der Waals surface area contributed by atoms with Crippen molar-refractivity contribution in [2.24, 2.45) is 0 Å². The van der Waals surface area contributed by atoms with Gasteiger partial charge in [0, 0.05) is 37.5 Å². The van der Waals surface area contributed by atoms with Crippen molar-refractivity contribution in [2.75, 3.05) is 13.1 Å². The van der Waals surface area contributed by atoms with Crippen molar-refractivity contribution >= 4 is 5.91 Å². The number of nitrogens with one attached hydrogen (secondary N) is 1. The smallest absolute Gasteiger partial charge is 0.275 e. The van der Waals surface area contributed by atoms with Gasteiger partial charge in [-0.25, -0.2) is 18.7 Å². The number of carbonyl (C=O) groups excluding carboxylic acids is 1. The van der Waals surface area contributed by atoms with E-state index in [0.717, 1.165) is 24.9 Å². The molecule has 0 saturated carbocycles. The van der Waals surface area contributed by atoms with Gasteiger partial charge in [-0.1, -0.05) is 0 Å². The topological polar surface area (TPSA) is 61.9 Å². The van der Waals surface area contributed by atoms with Crippen molar-refractivity contribution in [3.63, 3.8) is 0 Å². The predicted octanol–water partition coefficient (Wildman–Crippen LogP) is 2.10. The van der Waals surface area contributed by atoms with Gasteiger partial charge in [0.2, 0.25) is 0 Å². The summed E-state index contributed by atoms with van der Waals surface area (Å²) >= 11 is 0. The summed E-state index contributed by atoms with van der Waals surface area (Å²) in [5.74, 6) is -1.03. The molecule has 3 heterocycles. The Kier molecular flexibility index (Phi) is 3.64. The molecular formula is C14H14F2N4O. The highest BCUT2D eigenvalue weighted by Gasteiger charge is 2.27. The summed E-state index contributed by atoms with van der Waals surface area (Å²) in [6, 6.07) is 0.676. The summed E-state index contributed by atoms with van der Waals surface area (Å²) in [5, 5.41) is 0. The van der Waals surface area contributed by atoms with Crippen LogP contribution in [-0.2, 0) is 0 Å². The van der Waals surface area contributed by atoms with Crippen molar-refractivity contribution in [1.82, 2.24) is 19.9 Å². The van der Waals surface area contributed by atoms with Gasteiger partial charge in [0.15, 0.2) is 11.5 Å². The van der Waals surface area contributed by atoms with E-state index in [0.29, 0.717) is 19.2 Å². The molecule has 0 unspecified atom stereocenters. The van der Waals surface area contributed by atoms with Crippen molar-refractivity contribution in [3.05, 3.63) is 47.8 Å². The number of halogens is 2. The molecule has 1 aliphatic heterocycles. The van der Waals surface area contributed by atoms with Crippen molar-refractivity contribution < 1.29 is 13.6 Å². The number of hydrogen-bond donors (Lipinski definition) is 1. The number of H-pyrrole nitrogens is 1. The van der Waals surface area contributed by atoms with E-state index in [1.165, 1.54) is 0 Å². The predicted molar refractivity (Wildman–Crippen MR) is 70.6 cm³/mol. The third-order valence-electron chi connectivity index (χ3n) is 3.70. The lowest BCUT2D eigenvalue weighted by molar-refractivity contribution is 0.0700. The number of imidazole rings is 1. The van der Waals surface area contributed by atoms with Gasteiger partial charge in [-0.2, -0.15) is 0 Å². The largest absolute Gasteiger partial charge is 0.348 e. The highest BCUT2D eigenvalue weighted by molar-refractivity contribution is 5.92. The number of piperidine rings is 1. The highest BCUT2D eigenvalue weighted by atomic mass is 19.1. The molecule has 2 aromatic rings. The van der Waals surface area contributed by atoms with E-state index in [2.05, 4.69) is 15.0 Å². The Morgan fingerprint density at radius 3 is 2.67 bits per heavy atom. The Morgan fingerprint density at radius 1 is 1.29 bits per heavy atom. The first-order valence-electron chi connectivity index (χ1n) is 6.74. The minimum atomic E-state index is -0.923. The van der Waals surface area contributed by atoms with Gasteiger partial charge < -0.3 is 9.88 Å². The molecule has 0 bridgehead atoms. The number of rotatable bonds is 2. The minimum absolute atomic E-state index is 0.273. The molecule has 5 nitrogen and oxygen atoms in total. The van der Waals surface area contributed by atoms with Gasteiger partial charge in [-0.05, 0) is 12.8 Å². The average molecular weight is 292 g/mol. The van der Waals surface area contributed by atoms with Crippen LogP contribution in [-0.4, -0.2) is 38.8 Å². The molecule has 0 aromatic carbocycles. The number of amides is 1. The van der Waals surface area contributed by atoms with E-state index in [1.807, 2.05) is 0 Å². The molecule has 0 atom stereocenters. The first kappa shape index (κ1) is 13.7. The lowest BCUT2D eigenvalue weighted by atomic mass is 9.96. The monoisotopic (exact) mass is 292 g/mol. The van der Waals surface area contributed by atoms with Crippen LogP contribution in [0.4, 0.5) is 8.78 Å². The van der Waals surface area contributed by atoms with Crippen LogP contribution in [0.3, 0.4) is 0 Å². The summed E-state index contributed by atoms with van der Waals surface area (Å²) in [6.45, 7) is 1.01. The zero-order chi connectivity index (χ0) is 14.8. The lowest BCUT2D eigenvalue weighted by Crippen LogP contribution is -2.39. The van der Waals surface area contributed by atoms with E-state index < -0.39 is 17.5 Å². The number of aromatic nitrogens is 3. The summed E-state index contributed by atoms with van der Waals surface area (Å²) in [7, 11) is 0. The summed E-state index contributed by atoms with van der Waals surface area (Å²) in [6.07, 6.45) is 5.82. The van der Waals surface area contributed by atoms with Crippen LogP contribution in [0.15, 0.2) is 24.7 Å². The van der Waals surface area contributed by atoms with E-state index in [4.69, 9.17) is 0 Å². The van der Waals surface area contributed by atoms with Gasteiger partial charge in [0.05, 0.1) is 6.20 Å². The number of likely N-dealkylation sites (tertiary alicyclic amines) is 1. The second-order valence-corrected chi connectivity index (χ2v) is 5.02. The van der Waals surface area contributed by atoms with Crippen molar-refractivity contribution in [3.8, 4) is 0 Å². The van der Waals surface area contributed by atoms with E-state index in [-0.39, 0.29) is 11.6 Å². The molecule has 1 N–H and O–H groups in total. The number of aromatic amines is 1. The Hall–Kier alpha value is -2.31. The Balaban J connectivity index is 1.67. The summed E-state index contributed by atoms with van der Waals surface area (Å²) < 4.78 is 26.4. The van der Waals surface area contributed by atoms with Crippen LogP contribution in [0, 0.1) is 11.6 Å². The van der Waals surface area contributed by atoms with Crippen LogP contribution >= 0.6 is 0 Å².